The van der Waals surface area contributed by atoms with E-state index in [1.807, 2.05) is 0 Å². The lowest BCUT2D eigenvalue weighted by Gasteiger charge is -2.18. The fourth-order valence-corrected chi connectivity index (χ4v) is 3.94. The first-order chi connectivity index (χ1) is 16.7. The normalized spacial score (nSPS) is 14.3. The molecule has 1 N–H and O–H groups in total. The Hall–Kier alpha value is -3.89. The molecule has 184 valence electrons. The highest BCUT2D eigenvalue weighted by Gasteiger charge is 2.26. The zero-order valence-electron chi connectivity index (χ0n) is 18.6. The number of imidazole rings is 1. The van der Waals surface area contributed by atoms with Crippen molar-refractivity contribution in [3.63, 3.8) is 0 Å². The highest BCUT2D eigenvalue weighted by atomic mass is 19.3. The summed E-state index contributed by atoms with van der Waals surface area (Å²) in [7, 11) is 1.27. The number of rotatable bonds is 7. The maximum atomic E-state index is 14.9. The van der Waals surface area contributed by atoms with Crippen molar-refractivity contribution in [2.24, 2.45) is 0 Å². The minimum atomic E-state index is -3.01. The van der Waals surface area contributed by atoms with Crippen LogP contribution in [0.25, 0.3) is 5.69 Å². The Bertz CT molecular complexity index is 1210. The summed E-state index contributed by atoms with van der Waals surface area (Å²) in [5.74, 6) is -2.83. The van der Waals surface area contributed by atoms with Gasteiger partial charge in [-0.15, -0.1) is 0 Å². The van der Waals surface area contributed by atoms with Crippen molar-refractivity contribution in [2.45, 2.75) is 38.2 Å². The first-order valence-electron chi connectivity index (χ1n) is 10.8. The topological polar surface area (TPSA) is 82.5 Å². The summed E-state index contributed by atoms with van der Waals surface area (Å²) >= 11 is 0. The van der Waals surface area contributed by atoms with Gasteiger partial charge in [0.25, 0.3) is 5.91 Å². The number of methoxy groups -OCH3 is 1. The van der Waals surface area contributed by atoms with Crippen molar-refractivity contribution in [2.75, 3.05) is 12.4 Å². The van der Waals surface area contributed by atoms with E-state index in [1.54, 1.807) is 0 Å². The average Bonchev–Trinajstić information content (AvgIpc) is 3.22. The van der Waals surface area contributed by atoms with Crippen LogP contribution in [-0.4, -0.2) is 35.0 Å². The molecule has 4 rings (SSSR count). The number of nitrogens with zero attached hydrogens (tertiary/aromatic N) is 2. The van der Waals surface area contributed by atoms with Gasteiger partial charge < -0.3 is 9.47 Å². The Labute approximate surface area is 197 Å². The van der Waals surface area contributed by atoms with E-state index >= 15 is 0 Å². The van der Waals surface area contributed by atoms with Crippen LogP contribution in [0.2, 0.25) is 0 Å². The number of aromatic nitrogens is 2. The van der Waals surface area contributed by atoms with Crippen molar-refractivity contribution in [3.05, 3.63) is 65.5 Å². The monoisotopic (exact) mass is 491 g/mol. The lowest BCUT2D eigenvalue weighted by atomic mass is 9.86. The second kappa shape index (κ2) is 10.2. The predicted molar refractivity (Wildman–Crippen MR) is 117 cm³/mol. The van der Waals surface area contributed by atoms with Crippen molar-refractivity contribution in [1.29, 1.82) is 0 Å². The van der Waals surface area contributed by atoms with Crippen LogP contribution >= 0.6 is 0 Å². The van der Waals surface area contributed by atoms with Crippen LogP contribution in [0.4, 0.5) is 23.5 Å². The maximum absolute atomic E-state index is 14.9. The fraction of sp³-hybridized carbons (Fsp3) is 0.292. The van der Waals surface area contributed by atoms with E-state index in [1.165, 1.54) is 37.6 Å². The number of carbonyl (C=O) groups excluding carboxylic acids is 2. The molecule has 1 fully saturated rings. The molecule has 1 aliphatic carbocycles. The summed E-state index contributed by atoms with van der Waals surface area (Å²) in [6, 6.07) is 6.93. The molecule has 1 aromatic heterocycles. The molecule has 1 saturated carbocycles. The van der Waals surface area contributed by atoms with Gasteiger partial charge in [0.15, 0.2) is 11.6 Å². The Morgan fingerprint density at radius 2 is 1.71 bits per heavy atom. The van der Waals surface area contributed by atoms with Gasteiger partial charge in [0, 0.05) is 42.7 Å². The predicted octanol–water partition coefficient (Wildman–Crippen LogP) is 5.24. The SMILES string of the molecule is COc1cc(F)c(-n2cc(C3CCC(=O)CC3)nc2NC(=O)c2ccc(OC(F)F)cc2)c(F)c1. The first-order valence-corrected chi connectivity index (χ1v) is 10.8. The molecular weight excluding hydrogens is 470 g/mol. The number of hydrogen-bond donors (Lipinski definition) is 1. The number of ether oxygens (including phenoxy) is 2. The smallest absolute Gasteiger partial charge is 0.387 e. The van der Waals surface area contributed by atoms with Gasteiger partial charge in [-0.25, -0.2) is 13.8 Å². The van der Waals surface area contributed by atoms with Crippen LogP contribution in [0.3, 0.4) is 0 Å². The number of Topliss-reactive ketones (excluding diaryl/α,β-unsaturated/α-hetero) is 1. The number of hydrogen-bond acceptors (Lipinski definition) is 5. The van der Waals surface area contributed by atoms with E-state index in [2.05, 4.69) is 15.0 Å². The molecule has 0 saturated heterocycles. The minimum Gasteiger partial charge on any atom is -0.497 e. The van der Waals surface area contributed by atoms with Gasteiger partial charge in [-0.05, 0) is 37.1 Å². The van der Waals surface area contributed by atoms with Crippen LogP contribution in [0.15, 0.2) is 42.6 Å². The van der Waals surface area contributed by atoms with Crippen LogP contribution in [0.1, 0.15) is 47.7 Å². The molecule has 7 nitrogen and oxygen atoms in total. The molecule has 1 heterocycles. The summed E-state index contributed by atoms with van der Waals surface area (Å²) in [4.78, 5) is 28.9. The van der Waals surface area contributed by atoms with Crippen molar-refractivity contribution >= 4 is 17.6 Å². The molecule has 1 aliphatic rings. The molecule has 0 spiro atoms. The molecule has 0 aliphatic heterocycles. The molecule has 35 heavy (non-hydrogen) atoms. The van der Waals surface area contributed by atoms with Gasteiger partial charge in [0.1, 0.15) is 23.0 Å². The van der Waals surface area contributed by atoms with Gasteiger partial charge in [0.2, 0.25) is 5.95 Å². The van der Waals surface area contributed by atoms with Gasteiger partial charge in [-0.2, -0.15) is 8.78 Å². The number of anilines is 1. The molecule has 3 aromatic rings. The Morgan fingerprint density at radius 1 is 1.09 bits per heavy atom. The molecule has 0 radical (unpaired) electrons. The van der Waals surface area contributed by atoms with E-state index in [4.69, 9.17) is 4.74 Å². The summed E-state index contributed by atoms with van der Waals surface area (Å²) in [5, 5.41) is 2.53. The molecule has 1 amide bonds. The molecule has 11 heteroatoms. The van der Waals surface area contributed by atoms with Crippen molar-refractivity contribution in [1.82, 2.24) is 9.55 Å². The second-order valence-electron chi connectivity index (χ2n) is 7.97. The van der Waals surface area contributed by atoms with Crippen LogP contribution in [0.5, 0.6) is 11.5 Å². The van der Waals surface area contributed by atoms with Crippen molar-refractivity contribution < 1.29 is 36.6 Å². The van der Waals surface area contributed by atoms with E-state index < -0.39 is 29.8 Å². The number of amides is 1. The fourth-order valence-electron chi connectivity index (χ4n) is 3.94. The van der Waals surface area contributed by atoms with Gasteiger partial charge in [-0.1, -0.05) is 0 Å². The lowest BCUT2D eigenvalue weighted by Crippen LogP contribution is -2.16. The van der Waals surface area contributed by atoms with E-state index in [9.17, 15) is 27.2 Å². The second-order valence-corrected chi connectivity index (χ2v) is 7.97. The maximum Gasteiger partial charge on any atom is 0.387 e. The molecule has 0 unspecified atom stereocenters. The summed E-state index contributed by atoms with van der Waals surface area (Å²) in [6.07, 6.45) is 3.24. The quantitative estimate of drug-likeness (QED) is 0.457. The third-order valence-corrected chi connectivity index (χ3v) is 5.72. The van der Waals surface area contributed by atoms with Crippen LogP contribution in [-0.2, 0) is 4.79 Å². The zero-order chi connectivity index (χ0) is 25.1. The number of carbonyl (C=O) groups is 2. The number of nitrogens with one attached hydrogen (secondary N) is 1. The number of alkyl halides is 2. The number of benzene rings is 2. The highest BCUT2D eigenvalue weighted by Crippen LogP contribution is 2.34. The Morgan fingerprint density at radius 3 is 2.29 bits per heavy atom. The molecule has 0 bridgehead atoms. The largest absolute Gasteiger partial charge is 0.497 e. The standard InChI is InChI=1S/C24H21F4N3O4/c1-34-17-10-18(25)21(19(26)11-17)31-12-20(13-2-6-15(32)7-3-13)29-24(31)30-22(33)14-4-8-16(9-5-14)35-23(27)28/h4-5,8-13,23H,2-3,6-7H2,1H3,(H,29,30,33). The third-order valence-electron chi connectivity index (χ3n) is 5.72. The van der Waals surface area contributed by atoms with Gasteiger partial charge >= 0.3 is 6.61 Å². The Kier molecular flexibility index (Phi) is 7.04. The molecule has 2 aromatic carbocycles. The van der Waals surface area contributed by atoms with E-state index in [0.29, 0.717) is 31.4 Å². The minimum absolute atomic E-state index is 0.0217. The molecule has 0 atom stereocenters. The Balaban J connectivity index is 1.68. The van der Waals surface area contributed by atoms with Gasteiger partial charge in [-0.3, -0.25) is 19.5 Å². The van der Waals surface area contributed by atoms with Crippen molar-refractivity contribution in [3.8, 4) is 17.2 Å². The van der Waals surface area contributed by atoms with Crippen LogP contribution < -0.4 is 14.8 Å². The summed E-state index contributed by atoms with van der Waals surface area (Å²) in [6.45, 7) is -3.01. The summed E-state index contributed by atoms with van der Waals surface area (Å²) < 4.78 is 64.7. The van der Waals surface area contributed by atoms with E-state index in [-0.39, 0.29) is 34.7 Å². The average molecular weight is 491 g/mol. The highest BCUT2D eigenvalue weighted by molar-refractivity contribution is 6.03. The lowest BCUT2D eigenvalue weighted by molar-refractivity contribution is -0.120. The number of ketones is 1. The van der Waals surface area contributed by atoms with E-state index in [0.717, 1.165) is 16.7 Å². The first kappa shape index (κ1) is 24.2. The summed E-state index contributed by atoms with van der Waals surface area (Å²) in [5.41, 5.74) is 0.0946. The third kappa shape index (κ3) is 5.44. The molecular formula is C24H21F4N3O4. The van der Waals surface area contributed by atoms with Gasteiger partial charge in [0.05, 0.1) is 12.8 Å². The zero-order valence-corrected chi connectivity index (χ0v) is 18.6. The number of halogens is 4. The van der Waals surface area contributed by atoms with Crippen LogP contribution in [0, 0.1) is 11.6 Å².